The minimum Gasteiger partial charge on any atom is -0.484 e. The Bertz CT molecular complexity index is 342. The fourth-order valence-corrected chi connectivity index (χ4v) is 1.37. The number of carbonyl (C=O) groups is 1. The quantitative estimate of drug-likeness (QED) is 0.844. The van der Waals surface area contributed by atoms with E-state index < -0.39 is 0 Å². The molecule has 0 heterocycles. The molecule has 1 amide bonds. The summed E-state index contributed by atoms with van der Waals surface area (Å²) in [5, 5.41) is 1.58. The molecule has 0 fully saturated rings. The van der Waals surface area contributed by atoms with Gasteiger partial charge in [-0.2, -0.15) is 0 Å². The summed E-state index contributed by atoms with van der Waals surface area (Å²) in [5.41, 5.74) is 2.59. The molecule has 0 bridgehead atoms. The second-order valence-electron chi connectivity index (χ2n) is 3.18. The highest BCUT2D eigenvalue weighted by atomic mass is 79.9. The summed E-state index contributed by atoms with van der Waals surface area (Å²) < 4.78 is 6.20. The van der Waals surface area contributed by atoms with Crippen LogP contribution in [0, 0.1) is 0 Å². The number of rotatable bonds is 4. The zero-order valence-corrected chi connectivity index (χ0v) is 10.2. The van der Waals surface area contributed by atoms with Crippen LogP contribution >= 0.6 is 15.9 Å². The lowest BCUT2D eigenvalue weighted by atomic mass is 10.3. The van der Waals surface area contributed by atoms with E-state index in [-0.39, 0.29) is 12.5 Å². The number of nitrogens with zero attached hydrogens (tertiary/aromatic N) is 1. The van der Waals surface area contributed by atoms with Gasteiger partial charge in [-0.3, -0.25) is 10.2 Å². The monoisotopic (exact) mass is 272 g/mol. The number of nitrogens with one attached hydrogen (secondary N) is 1. The minimum absolute atomic E-state index is 0.00856. The van der Waals surface area contributed by atoms with Gasteiger partial charge in [0.2, 0.25) is 0 Å². The molecule has 0 aliphatic carbocycles. The maximum atomic E-state index is 11.2. The van der Waals surface area contributed by atoms with Gasteiger partial charge in [0, 0.05) is 18.6 Å². The van der Waals surface area contributed by atoms with Crippen LogP contribution in [-0.4, -0.2) is 31.6 Å². The molecule has 0 aromatic heterocycles. The summed E-state index contributed by atoms with van der Waals surface area (Å²) in [6.45, 7) is 0.00856. The highest BCUT2D eigenvalue weighted by molar-refractivity contribution is 9.10. The molecule has 0 aliphatic rings. The topological polar surface area (TPSA) is 41.6 Å². The second kappa shape index (κ2) is 5.72. The van der Waals surface area contributed by atoms with Crippen LogP contribution in [0.4, 0.5) is 0 Å². The van der Waals surface area contributed by atoms with Gasteiger partial charge >= 0.3 is 0 Å². The first-order chi connectivity index (χ1) is 7.08. The van der Waals surface area contributed by atoms with Crippen LogP contribution in [0.3, 0.4) is 0 Å². The van der Waals surface area contributed by atoms with Gasteiger partial charge in [0.25, 0.3) is 5.91 Å². The van der Waals surface area contributed by atoms with Crippen molar-refractivity contribution < 1.29 is 9.53 Å². The van der Waals surface area contributed by atoms with Crippen molar-refractivity contribution in [2.24, 2.45) is 0 Å². The van der Waals surface area contributed by atoms with E-state index in [9.17, 15) is 4.79 Å². The maximum absolute atomic E-state index is 11.2. The smallest absolute Gasteiger partial charge is 0.272 e. The van der Waals surface area contributed by atoms with Crippen molar-refractivity contribution in [3.05, 3.63) is 28.7 Å². The van der Waals surface area contributed by atoms with E-state index in [4.69, 9.17) is 4.74 Å². The van der Waals surface area contributed by atoms with Gasteiger partial charge < -0.3 is 4.74 Å². The number of hydrogen-bond acceptors (Lipinski definition) is 3. The van der Waals surface area contributed by atoms with E-state index in [1.54, 1.807) is 25.2 Å². The number of hydrazine groups is 1. The summed E-state index contributed by atoms with van der Waals surface area (Å²) in [6.07, 6.45) is 0. The molecule has 0 saturated heterocycles. The fraction of sp³-hybridized carbons (Fsp3) is 0.300. The number of hydrogen-bond donors (Lipinski definition) is 1. The van der Waals surface area contributed by atoms with Crippen LogP contribution in [0.1, 0.15) is 0 Å². The van der Waals surface area contributed by atoms with Gasteiger partial charge in [-0.15, -0.1) is 0 Å². The van der Waals surface area contributed by atoms with Gasteiger partial charge in [0.1, 0.15) is 5.75 Å². The van der Waals surface area contributed by atoms with Crippen molar-refractivity contribution in [3.8, 4) is 5.75 Å². The zero-order valence-electron chi connectivity index (χ0n) is 8.66. The first kappa shape index (κ1) is 12.0. The largest absolute Gasteiger partial charge is 0.484 e. The van der Waals surface area contributed by atoms with Gasteiger partial charge in [0.05, 0.1) is 0 Å². The van der Waals surface area contributed by atoms with Crippen LogP contribution in [0.25, 0.3) is 0 Å². The molecule has 4 nitrogen and oxygen atoms in total. The number of ether oxygens (including phenoxy) is 1. The third kappa shape index (κ3) is 4.80. The number of carbonyl (C=O) groups excluding carboxylic acids is 1. The SMILES string of the molecule is CN(C)NC(=O)COc1cccc(Br)c1. The van der Waals surface area contributed by atoms with Crippen LogP contribution in [0.5, 0.6) is 5.75 Å². The molecule has 15 heavy (non-hydrogen) atoms. The Hall–Kier alpha value is -1.07. The molecule has 1 rings (SSSR count). The highest BCUT2D eigenvalue weighted by Gasteiger charge is 2.03. The van der Waals surface area contributed by atoms with Crippen molar-refractivity contribution in [2.45, 2.75) is 0 Å². The van der Waals surface area contributed by atoms with E-state index in [0.29, 0.717) is 5.75 Å². The Kier molecular flexibility index (Phi) is 4.58. The van der Waals surface area contributed by atoms with Crippen molar-refractivity contribution in [1.82, 2.24) is 10.4 Å². The summed E-state index contributed by atoms with van der Waals surface area (Å²) in [6, 6.07) is 7.35. The van der Waals surface area contributed by atoms with Crippen LogP contribution in [-0.2, 0) is 4.79 Å². The molecule has 1 aromatic rings. The van der Waals surface area contributed by atoms with E-state index in [1.807, 2.05) is 18.2 Å². The van der Waals surface area contributed by atoms with E-state index >= 15 is 0 Å². The Morgan fingerprint density at radius 3 is 2.87 bits per heavy atom. The number of benzene rings is 1. The molecule has 5 heteroatoms. The first-order valence-corrected chi connectivity index (χ1v) is 5.22. The third-order valence-corrected chi connectivity index (χ3v) is 2.01. The Morgan fingerprint density at radius 1 is 1.53 bits per heavy atom. The van der Waals surface area contributed by atoms with E-state index in [0.717, 1.165) is 4.47 Å². The second-order valence-corrected chi connectivity index (χ2v) is 4.09. The minimum atomic E-state index is -0.181. The lowest BCUT2D eigenvalue weighted by Crippen LogP contribution is -2.39. The van der Waals surface area contributed by atoms with Crippen LogP contribution in [0.2, 0.25) is 0 Å². The Balaban J connectivity index is 2.40. The highest BCUT2D eigenvalue weighted by Crippen LogP contribution is 2.17. The standard InChI is InChI=1S/C10H13BrN2O2/c1-13(2)12-10(14)7-15-9-5-3-4-8(11)6-9/h3-6H,7H2,1-2H3,(H,12,14). The molecule has 0 aliphatic heterocycles. The van der Waals surface area contributed by atoms with Gasteiger partial charge in [0.15, 0.2) is 6.61 Å². The lowest BCUT2D eigenvalue weighted by Gasteiger charge is -2.12. The summed E-state index contributed by atoms with van der Waals surface area (Å²) in [4.78, 5) is 11.2. The first-order valence-electron chi connectivity index (χ1n) is 4.43. The average molecular weight is 273 g/mol. The number of amides is 1. The van der Waals surface area contributed by atoms with E-state index in [1.165, 1.54) is 0 Å². The molecule has 82 valence electrons. The van der Waals surface area contributed by atoms with Crippen LogP contribution < -0.4 is 10.2 Å². The lowest BCUT2D eigenvalue weighted by molar-refractivity contribution is -0.126. The van der Waals surface area contributed by atoms with Crippen molar-refractivity contribution in [1.29, 1.82) is 0 Å². The van der Waals surface area contributed by atoms with Gasteiger partial charge in [-0.1, -0.05) is 22.0 Å². The average Bonchev–Trinajstić information content (AvgIpc) is 2.14. The Labute approximate surface area is 97.3 Å². The molecular formula is C10H13BrN2O2. The molecule has 0 unspecified atom stereocenters. The molecule has 1 N–H and O–H groups in total. The van der Waals surface area contributed by atoms with Crippen molar-refractivity contribution >= 4 is 21.8 Å². The van der Waals surface area contributed by atoms with Crippen molar-refractivity contribution in [3.63, 3.8) is 0 Å². The Morgan fingerprint density at radius 2 is 2.27 bits per heavy atom. The molecule has 0 radical (unpaired) electrons. The molecule has 1 aromatic carbocycles. The third-order valence-electron chi connectivity index (χ3n) is 1.51. The summed E-state index contributed by atoms with van der Waals surface area (Å²) >= 11 is 3.32. The summed E-state index contributed by atoms with van der Waals surface area (Å²) in [7, 11) is 3.49. The van der Waals surface area contributed by atoms with E-state index in [2.05, 4.69) is 21.4 Å². The summed E-state index contributed by atoms with van der Waals surface area (Å²) in [5.74, 6) is 0.484. The van der Waals surface area contributed by atoms with Crippen LogP contribution in [0.15, 0.2) is 28.7 Å². The molecule has 0 saturated carbocycles. The van der Waals surface area contributed by atoms with Crippen molar-refractivity contribution in [2.75, 3.05) is 20.7 Å². The molecule has 0 atom stereocenters. The van der Waals surface area contributed by atoms with Gasteiger partial charge in [-0.25, -0.2) is 5.01 Å². The normalized spacial score (nSPS) is 10.1. The molecular weight excluding hydrogens is 260 g/mol. The zero-order chi connectivity index (χ0) is 11.3. The molecule has 0 spiro atoms. The predicted molar refractivity (Wildman–Crippen MR) is 61.5 cm³/mol. The fourth-order valence-electron chi connectivity index (χ4n) is 0.987. The number of halogens is 1. The maximum Gasteiger partial charge on any atom is 0.272 e. The predicted octanol–water partition coefficient (Wildman–Crippen LogP) is 1.42. The van der Waals surface area contributed by atoms with Gasteiger partial charge in [-0.05, 0) is 18.2 Å².